The Morgan fingerprint density at radius 1 is 0.432 bits per heavy atom. The minimum atomic E-state index is -4.64. The third kappa shape index (κ3) is 58.5. The molecule has 10 heteroatoms. The average molecular weight is 1060 g/mol. The number of hydrogen-bond donors (Lipinski definition) is 0. The number of carbonyl (C=O) groups is 2. The lowest BCUT2D eigenvalue weighted by atomic mass is 10.0. The number of esters is 2. The van der Waals surface area contributed by atoms with Crippen LogP contribution >= 0.6 is 7.82 Å². The Morgan fingerprint density at radius 2 is 0.770 bits per heavy atom. The van der Waals surface area contributed by atoms with E-state index in [1.165, 1.54) is 135 Å². The second-order valence-corrected chi connectivity index (χ2v) is 22.7. The van der Waals surface area contributed by atoms with Crippen LogP contribution in [0.2, 0.25) is 0 Å². The number of quaternary nitrogens is 1. The fourth-order valence-corrected chi connectivity index (χ4v) is 8.97. The molecule has 9 nitrogen and oxygen atoms in total. The summed E-state index contributed by atoms with van der Waals surface area (Å²) in [6.45, 7) is 4.10. The van der Waals surface area contributed by atoms with E-state index in [0.29, 0.717) is 23.9 Å². The van der Waals surface area contributed by atoms with Crippen molar-refractivity contribution in [3.63, 3.8) is 0 Å². The molecule has 74 heavy (non-hydrogen) atoms. The van der Waals surface area contributed by atoms with E-state index in [-0.39, 0.29) is 26.1 Å². The molecule has 0 aliphatic carbocycles. The van der Waals surface area contributed by atoms with Gasteiger partial charge in [0.05, 0.1) is 27.7 Å². The lowest BCUT2D eigenvalue weighted by Crippen LogP contribution is -2.37. The third-order valence-electron chi connectivity index (χ3n) is 12.9. The van der Waals surface area contributed by atoms with Crippen LogP contribution in [0.1, 0.15) is 258 Å². The van der Waals surface area contributed by atoms with Gasteiger partial charge in [-0.3, -0.25) is 14.2 Å². The van der Waals surface area contributed by atoms with Gasteiger partial charge >= 0.3 is 11.9 Å². The Bertz CT molecular complexity index is 1520. The number of nitrogens with zero attached hydrogens (tertiary/aromatic N) is 1. The second-order valence-electron chi connectivity index (χ2n) is 21.3. The fourth-order valence-electron chi connectivity index (χ4n) is 8.24. The van der Waals surface area contributed by atoms with E-state index in [1.807, 2.05) is 21.1 Å². The van der Waals surface area contributed by atoms with Gasteiger partial charge in [0.15, 0.2) is 6.10 Å². The maximum absolute atomic E-state index is 12.8. The number of allylic oxidation sites excluding steroid dienone is 14. The molecule has 0 aromatic rings. The molecule has 0 rings (SSSR count). The first kappa shape index (κ1) is 71.2. The number of ether oxygens (including phenoxy) is 2. The molecule has 0 heterocycles. The van der Waals surface area contributed by atoms with Crippen LogP contribution in [0.4, 0.5) is 0 Å². The van der Waals surface area contributed by atoms with Crippen molar-refractivity contribution >= 4 is 19.8 Å². The van der Waals surface area contributed by atoms with E-state index in [0.717, 1.165) is 83.5 Å². The predicted octanol–water partition coefficient (Wildman–Crippen LogP) is 18.4. The zero-order valence-corrected chi connectivity index (χ0v) is 49.4. The van der Waals surface area contributed by atoms with Gasteiger partial charge < -0.3 is 27.9 Å². The first-order chi connectivity index (χ1) is 36.0. The zero-order valence-electron chi connectivity index (χ0n) is 48.5. The molecule has 0 amide bonds. The smallest absolute Gasteiger partial charge is 0.306 e. The molecule has 0 radical (unpaired) electrons. The number of unbranched alkanes of at least 4 members (excludes halogenated alkanes) is 27. The summed E-state index contributed by atoms with van der Waals surface area (Å²) in [6, 6.07) is 0. The van der Waals surface area contributed by atoms with Crippen molar-refractivity contribution in [2.75, 3.05) is 47.5 Å². The zero-order chi connectivity index (χ0) is 54.2. The molecule has 0 aliphatic rings. The summed E-state index contributed by atoms with van der Waals surface area (Å²) in [7, 11) is 1.16. The molecular formula is C64H114NO8P. The molecule has 0 N–H and O–H groups in total. The molecule has 428 valence electrons. The number of hydrogen-bond acceptors (Lipinski definition) is 8. The van der Waals surface area contributed by atoms with Crippen LogP contribution in [0, 0.1) is 0 Å². The normalized spacial score (nSPS) is 13.9. The SMILES string of the molecule is CC/C=C\C/C=C\C/C=C\C/C=C\CCCCCCCCCCCCCCCCCCCCC(=O)OC(COC(=O)CCCCCCCC/C=C\C/C=C\C/C=C\CCCCC)COP(=O)([O-])OCC[N+](C)(C)C. The fraction of sp³-hybridized carbons (Fsp3) is 0.750. The molecule has 2 unspecified atom stereocenters. The summed E-state index contributed by atoms with van der Waals surface area (Å²) >= 11 is 0. The highest BCUT2D eigenvalue weighted by atomic mass is 31.2. The van der Waals surface area contributed by atoms with Crippen molar-refractivity contribution in [2.45, 2.75) is 264 Å². The van der Waals surface area contributed by atoms with Crippen molar-refractivity contribution in [1.82, 2.24) is 0 Å². The van der Waals surface area contributed by atoms with Crippen molar-refractivity contribution < 1.29 is 42.1 Å². The quantitative estimate of drug-likeness (QED) is 0.0195. The molecule has 0 aromatic heterocycles. The minimum Gasteiger partial charge on any atom is -0.756 e. The summed E-state index contributed by atoms with van der Waals surface area (Å²) in [5, 5.41) is 0. The maximum atomic E-state index is 12.8. The highest BCUT2D eigenvalue weighted by molar-refractivity contribution is 7.45. The van der Waals surface area contributed by atoms with Gasteiger partial charge in [-0.25, -0.2) is 0 Å². The molecule has 2 atom stereocenters. The van der Waals surface area contributed by atoms with Crippen molar-refractivity contribution in [2.24, 2.45) is 0 Å². The van der Waals surface area contributed by atoms with Crippen LogP contribution in [0.15, 0.2) is 85.1 Å². The molecule has 0 saturated carbocycles. The van der Waals surface area contributed by atoms with Gasteiger partial charge in [0, 0.05) is 12.8 Å². The first-order valence-electron chi connectivity index (χ1n) is 30.3. The predicted molar refractivity (Wildman–Crippen MR) is 314 cm³/mol. The highest BCUT2D eigenvalue weighted by Crippen LogP contribution is 2.38. The monoisotopic (exact) mass is 1060 g/mol. The van der Waals surface area contributed by atoms with Crippen molar-refractivity contribution in [1.29, 1.82) is 0 Å². The number of rotatable bonds is 55. The van der Waals surface area contributed by atoms with E-state index in [1.54, 1.807) is 0 Å². The van der Waals surface area contributed by atoms with Gasteiger partial charge in [-0.1, -0.05) is 240 Å². The third-order valence-corrected chi connectivity index (χ3v) is 13.9. The Morgan fingerprint density at radius 3 is 1.15 bits per heavy atom. The molecule has 0 aliphatic heterocycles. The van der Waals surface area contributed by atoms with Crippen molar-refractivity contribution in [3.8, 4) is 0 Å². The topological polar surface area (TPSA) is 111 Å². The summed E-state index contributed by atoms with van der Waals surface area (Å²) in [4.78, 5) is 37.9. The van der Waals surface area contributed by atoms with Crippen LogP contribution in [0.5, 0.6) is 0 Å². The first-order valence-corrected chi connectivity index (χ1v) is 31.8. The molecule has 0 aromatic carbocycles. The van der Waals surface area contributed by atoms with Crippen LogP contribution in [0.25, 0.3) is 0 Å². The van der Waals surface area contributed by atoms with Gasteiger partial charge in [0.25, 0.3) is 7.82 Å². The van der Waals surface area contributed by atoms with Crippen LogP contribution in [-0.4, -0.2) is 70.0 Å². The van der Waals surface area contributed by atoms with E-state index < -0.39 is 32.5 Å². The van der Waals surface area contributed by atoms with Gasteiger partial charge in [0.2, 0.25) is 0 Å². The van der Waals surface area contributed by atoms with Gasteiger partial charge in [-0.15, -0.1) is 0 Å². The Kier molecular flexibility index (Phi) is 52.9. The average Bonchev–Trinajstić information content (AvgIpc) is 3.36. The molecule has 0 bridgehead atoms. The number of carbonyl (C=O) groups excluding carboxylic acids is 2. The van der Waals surface area contributed by atoms with Gasteiger partial charge in [-0.2, -0.15) is 0 Å². The highest BCUT2D eigenvalue weighted by Gasteiger charge is 2.22. The Labute approximate surface area is 456 Å². The Balaban J connectivity index is 4.10. The van der Waals surface area contributed by atoms with Gasteiger partial charge in [-0.05, 0) is 89.9 Å². The molecular weight excluding hydrogens is 942 g/mol. The largest absolute Gasteiger partial charge is 0.756 e. The molecule has 0 spiro atoms. The summed E-state index contributed by atoms with van der Waals surface area (Å²) in [5.41, 5.74) is 0. The van der Waals surface area contributed by atoms with Crippen molar-refractivity contribution in [3.05, 3.63) is 85.1 Å². The van der Waals surface area contributed by atoms with E-state index in [9.17, 15) is 19.0 Å². The second kappa shape index (κ2) is 55.0. The lowest BCUT2D eigenvalue weighted by Gasteiger charge is -2.28. The Hall–Kier alpha value is -2.81. The van der Waals surface area contributed by atoms with Crippen LogP contribution < -0.4 is 4.89 Å². The van der Waals surface area contributed by atoms with E-state index in [2.05, 4.69) is 98.9 Å². The lowest BCUT2D eigenvalue weighted by molar-refractivity contribution is -0.870. The number of likely N-dealkylation sites (N-methyl/N-ethyl adjacent to an activating group) is 1. The maximum Gasteiger partial charge on any atom is 0.306 e. The summed E-state index contributed by atoms with van der Waals surface area (Å²) in [6.07, 6.45) is 73.5. The van der Waals surface area contributed by atoms with E-state index >= 15 is 0 Å². The molecule has 0 fully saturated rings. The summed E-state index contributed by atoms with van der Waals surface area (Å²) in [5.74, 6) is -0.844. The standard InChI is InChI=1S/C64H114NO8P/c1-6-8-10-12-14-16-18-20-22-24-26-27-28-29-30-31-32-33-34-35-36-37-39-41-43-45-47-49-51-53-55-57-64(67)73-62(61-72-74(68,69)71-59-58-65(3,4)5)60-70-63(66)56-54-52-50-48-46-44-42-40-38-25-23-21-19-17-15-13-11-9-7-2/h8,10,14-17,20-23,26-27,38,40,62H,6-7,9,11-13,18-19,24-25,28-37,39,41-61H2,1-5H3/b10-8-,16-14-,17-15-,22-20-,23-21-,27-26-,40-38-. The summed E-state index contributed by atoms with van der Waals surface area (Å²) < 4.78 is 34.2. The van der Waals surface area contributed by atoms with Crippen LogP contribution in [-0.2, 0) is 32.7 Å². The van der Waals surface area contributed by atoms with E-state index in [4.69, 9.17) is 18.5 Å². The number of phosphoric ester groups is 1. The molecule has 0 saturated heterocycles. The van der Waals surface area contributed by atoms with Gasteiger partial charge in [0.1, 0.15) is 19.8 Å². The number of phosphoric acid groups is 1. The minimum absolute atomic E-state index is 0.0353. The van der Waals surface area contributed by atoms with Crippen LogP contribution in [0.3, 0.4) is 0 Å².